The van der Waals surface area contributed by atoms with Gasteiger partial charge in [-0.25, -0.2) is 9.97 Å². The van der Waals surface area contributed by atoms with Crippen LogP contribution in [0.3, 0.4) is 0 Å². The third-order valence-corrected chi connectivity index (χ3v) is 9.08. The first-order chi connectivity index (χ1) is 19.5. The second-order valence-electron chi connectivity index (χ2n) is 10.1. The van der Waals surface area contributed by atoms with E-state index in [0.717, 1.165) is 61.1 Å². The van der Waals surface area contributed by atoms with Crippen molar-refractivity contribution >= 4 is 52.4 Å². The highest BCUT2D eigenvalue weighted by molar-refractivity contribution is 7.98. The number of para-hydroxylation sites is 1. The lowest BCUT2D eigenvalue weighted by Gasteiger charge is -2.38. The summed E-state index contributed by atoms with van der Waals surface area (Å²) in [4.78, 5) is 28.7. The SMILES string of the molecule is O=C(c1ccc(CSc2nc(Cl)cc(N3CCC4(CC3)OCCO4)n2)cc1)N1CCN(c2ccccc2Cl)CC1. The van der Waals surface area contributed by atoms with Crippen LogP contribution in [0, 0.1) is 0 Å². The van der Waals surface area contributed by atoms with E-state index in [-0.39, 0.29) is 5.91 Å². The van der Waals surface area contributed by atoms with Crippen molar-refractivity contribution in [1.82, 2.24) is 14.9 Å². The maximum Gasteiger partial charge on any atom is 0.253 e. The molecule has 0 radical (unpaired) electrons. The fourth-order valence-corrected chi connectivity index (χ4v) is 6.70. The second-order valence-corrected chi connectivity index (χ2v) is 11.9. The Morgan fingerprint density at radius 1 is 0.875 bits per heavy atom. The molecule has 3 aromatic rings. The van der Waals surface area contributed by atoms with Crippen molar-refractivity contribution in [2.45, 2.75) is 29.5 Å². The molecule has 11 heteroatoms. The fraction of sp³-hybridized carbons (Fsp3) is 0.414. The van der Waals surface area contributed by atoms with E-state index in [1.165, 1.54) is 11.8 Å². The average Bonchev–Trinajstić information content (AvgIpc) is 3.44. The summed E-state index contributed by atoms with van der Waals surface area (Å²) in [5.74, 6) is 1.13. The minimum atomic E-state index is -0.427. The van der Waals surface area contributed by atoms with Crippen LogP contribution < -0.4 is 9.80 Å². The van der Waals surface area contributed by atoms with Crippen molar-refractivity contribution in [1.29, 1.82) is 0 Å². The third-order valence-electron chi connectivity index (χ3n) is 7.65. The van der Waals surface area contributed by atoms with Crippen LogP contribution >= 0.6 is 35.0 Å². The van der Waals surface area contributed by atoms with Crippen LogP contribution in [-0.4, -0.2) is 79.0 Å². The van der Waals surface area contributed by atoms with Crippen molar-refractivity contribution in [2.24, 2.45) is 0 Å². The molecule has 1 aromatic heterocycles. The zero-order chi connectivity index (χ0) is 27.5. The number of ether oxygens (including phenoxy) is 2. The van der Waals surface area contributed by atoms with Crippen LogP contribution in [0.5, 0.6) is 0 Å². The Balaban J connectivity index is 1.02. The van der Waals surface area contributed by atoms with Crippen molar-refractivity contribution in [3.8, 4) is 0 Å². The van der Waals surface area contributed by atoms with Gasteiger partial charge >= 0.3 is 0 Å². The van der Waals surface area contributed by atoms with E-state index < -0.39 is 5.79 Å². The van der Waals surface area contributed by atoms with Gasteiger partial charge in [-0.1, -0.05) is 59.2 Å². The molecule has 0 aliphatic carbocycles. The van der Waals surface area contributed by atoms with Crippen molar-refractivity contribution in [3.63, 3.8) is 0 Å². The summed E-state index contributed by atoms with van der Waals surface area (Å²) in [7, 11) is 0. The quantitative estimate of drug-likeness (QED) is 0.212. The van der Waals surface area contributed by atoms with Crippen LogP contribution in [-0.2, 0) is 15.2 Å². The summed E-state index contributed by atoms with van der Waals surface area (Å²) < 4.78 is 11.7. The normalized spacial score (nSPS) is 18.9. The highest BCUT2D eigenvalue weighted by Gasteiger charge is 2.40. The Morgan fingerprint density at radius 3 is 2.27 bits per heavy atom. The predicted octanol–water partition coefficient (Wildman–Crippen LogP) is 5.38. The number of hydrogen-bond acceptors (Lipinski definition) is 8. The summed E-state index contributed by atoms with van der Waals surface area (Å²) in [5, 5.41) is 1.80. The van der Waals surface area contributed by atoms with E-state index in [9.17, 15) is 4.79 Å². The molecule has 40 heavy (non-hydrogen) atoms. The summed E-state index contributed by atoms with van der Waals surface area (Å²) >= 11 is 14.2. The minimum absolute atomic E-state index is 0.0533. The van der Waals surface area contributed by atoms with Gasteiger partial charge in [0.25, 0.3) is 5.91 Å². The molecule has 4 heterocycles. The van der Waals surface area contributed by atoms with Crippen LogP contribution in [0.1, 0.15) is 28.8 Å². The molecule has 8 nitrogen and oxygen atoms in total. The number of carbonyl (C=O) groups is 1. The van der Waals surface area contributed by atoms with Gasteiger partial charge in [0.2, 0.25) is 0 Å². The highest BCUT2D eigenvalue weighted by Crippen LogP contribution is 2.34. The molecular weight excluding hydrogens is 569 g/mol. The molecule has 0 unspecified atom stereocenters. The number of piperazine rings is 1. The Bertz CT molecular complexity index is 1340. The smallest absolute Gasteiger partial charge is 0.253 e. The number of halogens is 2. The lowest BCUT2D eigenvalue weighted by atomic mass is 10.0. The summed E-state index contributed by atoms with van der Waals surface area (Å²) in [6, 6.07) is 17.5. The van der Waals surface area contributed by atoms with Gasteiger partial charge in [-0.2, -0.15) is 0 Å². The second kappa shape index (κ2) is 12.1. The Kier molecular flexibility index (Phi) is 8.37. The average molecular weight is 601 g/mol. The molecule has 1 spiro atoms. The molecule has 0 atom stereocenters. The van der Waals surface area contributed by atoms with Gasteiger partial charge in [0.1, 0.15) is 11.0 Å². The first kappa shape index (κ1) is 27.6. The molecule has 2 aromatic carbocycles. The van der Waals surface area contributed by atoms with Crippen molar-refractivity contribution < 1.29 is 14.3 Å². The largest absolute Gasteiger partial charge is 0.367 e. The molecule has 210 valence electrons. The number of nitrogens with zero attached hydrogens (tertiary/aromatic N) is 5. The molecule has 3 fully saturated rings. The van der Waals surface area contributed by atoms with E-state index in [1.807, 2.05) is 59.5 Å². The maximum atomic E-state index is 13.1. The van der Waals surface area contributed by atoms with Gasteiger partial charge < -0.3 is 24.2 Å². The highest BCUT2D eigenvalue weighted by atomic mass is 35.5. The summed E-state index contributed by atoms with van der Waals surface area (Å²) in [5.41, 5.74) is 2.80. The number of hydrogen-bond donors (Lipinski definition) is 0. The van der Waals surface area contributed by atoms with Crippen LogP contribution in [0.4, 0.5) is 11.5 Å². The van der Waals surface area contributed by atoms with E-state index in [0.29, 0.717) is 47.9 Å². The van der Waals surface area contributed by atoms with Crippen LogP contribution in [0.25, 0.3) is 0 Å². The number of aromatic nitrogens is 2. The lowest BCUT2D eigenvalue weighted by molar-refractivity contribution is -0.169. The Hall–Kier alpha value is -2.56. The third kappa shape index (κ3) is 6.19. The lowest BCUT2D eigenvalue weighted by Crippen LogP contribution is -2.48. The molecule has 1 amide bonds. The fourth-order valence-electron chi connectivity index (χ4n) is 5.41. The number of rotatable bonds is 6. The van der Waals surface area contributed by atoms with Gasteiger partial charge in [0.15, 0.2) is 10.9 Å². The van der Waals surface area contributed by atoms with E-state index in [1.54, 1.807) is 0 Å². The van der Waals surface area contributed by atoms with Gasteiger partial charge in [-0.15, -0.1) is 0 Å². The minimum Gasteiger partial charge on any atom is -0.367 e. The number of thioether (sulfide) groups is 1. The van der Waals surface area contributed by atoms with Crippen LogP contribution in [0.2, 0.25) is 10.2 Å². The van der Waals surface area contributed by atoms with Gasteiger partial charge in [0.05, 0.1) is 23.9 Å². The van der Waals surface area contributed by atoms with E-state index in [4.69, 9.17) is 37.7 Å². The molecule has 0 saturated carbocycles. The van der Waals surface area contributed by atoms with E-state index >= 15 is 0 Å². The summed E-state index contributed by atoms with van der Waals surface area (Å²) in [6.45, 7) is 5.75. The molecule has 6 rings (SSSR count). The molecular formula is C29H31Cl2N5O3S. The molecule has 3 aliphatic heterocycles. The summed E-state index contributed by atoms with van der Waals surface area (Å²) in [6.07, 6.45) is 1.61. The molecule has 3 saturated heterocycles. The number of carbonyl (C=O) groups excluding carboxylic acids is 1. The molecule has 0 bridgehead atoms. The zero-order valence-electron chi connectivity index (χ0n) is 22.1. The van der Waals surface area contributed by atoms with E-state index in [2.05, 4.69) is 14.8 Å². The zero-order valence-corrected chi connectivity index (χ0v) is 24.4. The molecule has 0 N–H and O–H groups in total. The number of piperidine rings is 1. The number of amides is 1. The first-order valence-corrected chi connectivity index (χ1v) is 15.3. The van der Waals surface area contributed by atoms with Gasteiger partial charge in [0, 0.05) is 69.5 Å². The Morgan fingerprint density at radius 2 is 1.57 bits per heavy atom. The maximum absolute atomic E-state index is 13.1. The van der Waals surface area contributed by atoms with Gasteiger partial charge in [-0.3, -0.25) is 4.79 Å². The van der Waals surface area contributed by atoms with Crippen LogP contribution in [0.15, 0.2) is 59.8 Å². The number of benzene rings is 2. The topological polar surface area (TPSA) is 71.0 Å². The first-order valence-electron chi connectivity index (χ1n) is 13.6. The van der Waals surface area contributed by atoms with Crippen molar-refractivity contribution in [2.75, 3.05) is 62.3 Å². The van der Waals surface area contributed by atoms with Gasteiger partial charge in [-0.05, 0) is 29.8 Å². The molecule has 3 aliphatic rings. The predicted molar refractivity (Wildman–Crippen MR) is 159 cm³/mol. The number of anilines is 2. The van der Waals surface area contributed by atoms with Crippen molar-refractivity contribution in [3.05, 3.63) is 75.9 Å². The standard InChI is InChI=1S/C29H31Cl2N5O3S/c30-23-3-1-2-4-24(23)34-13-15-36(16-14-34)27(37)22-7-5-21(6-8-22)20-40-28-32-25(31)19-26(33-28)35-11-9-29(10-12-35)38-17-18-39-29/h1-8,19H,9-18,20H2. The monoisotopic (exact) mass is 599 g/mol. The Labute approximate surface area is 248 Å².